The molecule has 0 atom stereocenters. The standard InChI is InChI=1S/C8H5Cl2FO4S/c1-15-8(12)4-2-7(16(10,13)14)6(11)3-5(4)9/h2-3H,1H3. The van der Waals surface area contributed by atoms with Crippen LogP contribution in [0.1, 0.15) is 10.4 Å². The van der Waals surface area contributed by atoms with Crippen molar-refractivity contribution in [2.75, 3.05) is 7.11 Å². The van der Waals surface area contributed by atoms with Crippen LogP contribution in [0.3, 0.4) is 0 Å². The molecule has 0 fully saturated rings. The van der Waals surface area contributed by atoms with Crippen molar-refractivity contribution < 1.29 is 22.3 Å². The number of carbonyl (C=O) groups excluding carboxylic acids is 1. The van der Waals surface area contributed by atoms with Crippen LogP contribution in [0.2, 0.25) is 5.02 Å². The highest BCUT2D eigenvalue weighted by Crippen LogP contribution is 2.26. The first kappa shape index (κ1) is 13.2. The molecule has 0 saturated carbocycles. The summed E-state index contributed by atoms with van der Waals surface area (Å²) in [5.41, 5.74) is -0.273. The Labute approximate surface area is 100 Å². The lowest BCUT2D eigenvalue weighted by Crippen LogP contribution is -2.05. The van der Waals surface area contributed by atoms with Crippen molar-refractivity contribution in [1.82, 2.24) is 0 Å². The van der Waals surface area contributed by atoms with Gasteiger partial charge in [0.05, 0.1) is 17.7 Å². The zero-order valence-corrected chi connectivity index (χ0v) is 10.2. The summed E-state index contributed by atoms with van der Waals surface area (Å²) in [6.45, 7) is 0. The Kier molecular flexibility index (Phi) is 3.77. The molecule has 16 heavy (non-hydrogen) atoms. The highest BCUT2D eigenvalue weighted by Gasteiger charge is 2.22. The molecule has 0 amide bonds. The average Bonchev–Trinajstić information content (AvgIpc) is 2.14. The molecule has 0 unspecified atom stereocenters. The lowest BCUT2D eigenvalue weighted by molar-refractivity contribution is 0.0600. The smallest absolute Gasteiger partial charge is 0.339 e. The van der Waals surface area contributed by atoms with E-state index in [0.29, 0.717) is 6.07 Å². The Morgan fingerprint density at radius 2 is 2.00 bits per heavy atom. The summed E-state index contributed by atoms with van der Waals surface area (Å²) >= 11 is 5.55. The molecular formula is C8H5Cl2FO4S. The number of benzene rings is 1. The van der Waals surface area contributed by atoms with Crippen molar-refractivity contribution in [3.8, 4) is 0 Å². The maximum Gasteiger partial charge on any atom is 0.339 e. The Bertz CT molecular complexity index is 541. The van der Waals surface area contributed by atoms with E-state index in [1.807, 2.05) is 0 Å². The van der Waals surface area contributed by atoms with E-state index >= 15 is 0 Å². The van der Waals surface area contributed by atoms with Crippen molar-refractivity contribution in [3.05, 3.63) is 28.5 Å². The molecular weight excluding hydrogens is 282 g/mol. The molecule has 1 aromatic carbocycles. The number of ether oxygens (including phenoxy) is 1. The topological polar surface area (TPSA) is 60.4 Å². The monoisotopic (exact) mass is 286 g/mol. The van der Waals surface area contributed by atoms with Gasteiger partial charge in [-0.05, 0) is 12.1 Å². The van der Waals surface area contributed by atoms with E-state index in [-0.39, 0.29) is 10.6 Å². The zero-order chi connectivity index (χ0) is 12.5. The van der Waals surface area contributed by atoms with E-state index in [1.54, 1.807) is 0 Å². The summed E-state index contributed by atoms with van der Waals surface area (Å²) in [6.07, 6.45) is 0. The molecule has 8 heteroatoms. The van der Waals surface area contributed by atoms with Crippen LogP contribution in [0.25, 0.3) is 0 Å². The summed E-state index contributed by atoms with van der Waals surface area (Å²) in [5.74, 6) is -2.01. The van der Waals surface area contributed by atoms with Crippen molar-refractivity contribution >= 4 is 37.3 Å². The van der Waals surface area contributed by atoms with Crippen LogP contribution in [0.15, 0.2) is 17.0 Å². The minimum absolute atomic E-state index is 0.256. The summed E-state index contributed by atoms with van der Waals surface area (Å²) in [5, 5.41) is -0.256. The first-order valence-electron chi connectivity index (χ1n) is 3.79. The van der Waals surface area contributed by atoms with Crippen molar-refractivity contribution in [2.24, 2.45) is 0 Å². The summed E-state index contributed by atoms with van der Waals surface area (Å²) in [6, 6.07) is 1.41. The predicted molar refractivity (Wildman–Crippen MR) is 55.8 cm³/mol. The SMILES string of the molecule is COC(=O)c1cc(S(=O)(=O)Cl)c(F)cc1Cl. The molecule has 4 nitrogen and oxygen atoms in total. The molecule has 88 valence electrons. The highest BCUT2D eigenvalue weighted by atomic mass is 35.7. The number of hydrogen-bond acceptors (Lipinski definition) is 4. The van der Waals surface area contributed by atoms with Gasteiger partial charge in [-0.3, -0.25) is 0 Å². The van der Waals surface area contributed by atoms with E-state index in [2.05, 4.69) is 4.74 Å². The Morgan fingerprint density at radius 3 is 2.44 bits per heavy atom. The second-order valence-electron chi connectivity index (χ2n) is 2.69. The summed E-state index contributed by atoms with van der Waals surface area (Å²) in [4.78, 5) is 10.3. The van der Waals surface area contributed by atoms with Gasteiger partial charge in [-0.25, -0.2) is 17.6 Å². The Balaban J connectivity index is 3.51. The number of methoxy groups -OCH3 is 1. The molecule has 0 aliphatic rings. The Hall–Kier alpha value is -0.850. The lowest BCUT2D eigenvalue weighted by Gasteiger charge is -2.05. The van der Waals surface area contributed by atoms with Gasteiger partial charge in [0.15, 0.2) is 0 Å². The van der Waals surface area contributed by atoms with Crippen LogP contribution in [0.4, 0.5) is 4.39 Å². The van der Waals surface area contributed by atoms with Gasteiger partial charge in [0.2, 0.25) is 0 Å². The van der Waals surface area contributed by atoms with Crippen LogP contribution in [0.5, 0.6) is 0 Å². The third kappa shape index (κ3) is 2.63. The highest BCUT2D eigenvalue weighted by molar-refractivity contribution is 8.13. The molecule has 0 N–H and O–H groups in total. The second kappa shape index (κ2) is 4.57. The third-order valence-corrected chi connectivity index (χ3v) is 3.34. The Morgan fingerprint density at radius 1 is 1.44 bits per heavy atom. The fourth-order valence-electron chi connectivity index (χ4n) is 0.982. The first-order chi connectivity index (χ1) is 7.27. The van der Waals surface area contributed by atoms with E-state index in [9.17, 15) is 17.6 Å². The maximum atomic E-state index is 13.2. The predicted octanol–water partition coefficient (Wildman–Crippen LogP) is 2.19. The summed E-state index contributed by atoms with van der Waals surface area (Å²) in [7, 11) is 1.77. The van der Waals surface area contributed by atoms with Gasteiger partial charge >= 0.3 is 5.97 Å². The van der Waals surface area contributed by atoms with Crippen molar-refractivity contribution in [3.63, 3.8) is 0 Å². The van der Waals surface area contributed by atoms with Gasteiger partial charge in [-0.15, -0.1) is 0 Å². The van der Waals surface area contributed by atoms with Gasteiger partial charge in [0.25, 0.3) is 9.05 Å². The molecule has 0 aliphatic heterocycles. The van der Waals surface area contributed by atoms with Gasteiger partial charge in [0.1, 0.15) is 10.7 Å². The molecule has 0 heterocycles. The minimum Gasteiger partial charge on any atom is -0.465 e. The quantitative estimate of drug-likeness (QED) is 0.618. The number of hydrogen-bond donors (Lipinski definition) is 0. The zero-order valence-electron chi connectivity index (χ0n) is 7.83. The molecule has 0 aliphatic carbocycles. The molecule has 0 bridgehead atoms. The van der Waals surface area contributed by atoms with E-state index in [4.69, 9.17) is 22.3 Å². The molecule has 1 aromatic rings. The largest absolute Gasteiger partial charge is 0.465 e. The lowest BCUT2D eigenvalue weighted by atomic mass is 10.2. The van der Waals surface area contributed by atoms with Gasteiger partial charge in [-0.1, -0.05) is 11.6 Å². The number of rotatable bonds is 2. The van der Waals surface area contributed by atoms with Crippen LogP contribution in [-0.4, -0.2) is 21.5 Å². The maximum absolute atomic E-state index is 13.2. The third-order valence-electron chi connectivity index (χ3n) is 1.69. The molecule has 0 radical (unpaired) electrons. The minimum atomic E-state index is -4.28. The van der Waals surface area contributed by atoms with Gasteiger partial charge in [-0.2, -0.15) is 0 Å². The van der Waals surface area contributed by atoms with E-state index < -0.39 is 25.7 Å². The van der Waals surface area contributed by atoms with Crippen molar-refractivity contribution in [1.29, 1.82) is 0 Å². The number of esters is 1. The molecule has 0 spiro atoms. The van der Waals surface area contributed by atoms with E-state index in [1.165, 1.54) is 0 Å². The van der Waals surface area contributed by atoms with Crippen molar-refractivity contribution in [2.45, 2.75) is 4.90 Å². The van der Waals surface area contributed by atoms with E-state index in [0.717, 1.165) is 13.2 Å². The summed E-state index contributed by atoms with van der Waals surface area (Å²) < 4.78 is 39.5. The average molecular weight is 287 g/mol. The molecule has 0 saturated heterocycles. The van der Waals surface area contributed by atoms with Crippen LogP contribution in [0, 0.1) is 5.82 Å². The molecule has 1 rings (SSSR count). The number of halogens is 3. The normalized spacial score (nSPS) is 11.2. The van der Waals surface area contributed by atoms with Gasteiger partial charge in [0, 0.05) is 10.7 Å². The van der Waals surface area contributed by atoms with Crippen LogP contribution in [-0.2, 0) is 13.8 Å². The van der Waals surface area contributed by atoms with Gasteiger partial charge < -0.3 is 4.74 Å². The molecule has 0 aromatic heterocycles. The first-order valence-corrected chi connectivity index (χ1v) is 6.48. The van der Waals surface area contributed by atoms with Crippen LogP contribution >= 0.6 is 22.3 Å². The second-order valence-corrected chi connectivity index (χ2v) is 5.63. The fraction of sp³-hybridized carbons (Fsp3) is 0.125. The van der Waals surface area contributed by atoms with Crippen LogP contribution < -0.4 is 0 Å². The fourth-order valence-corrected chi connectivity index (χ4v) is 2.12. The number of carbonyl (C=O) groups is 1.